The molecule has 0 radical (unpaired) electrons. The second kappa shape index (κ2) is 4.66. The van der Waals surface area contributed by atoms with Gasteiger partial charge in [-0.25, -0.2) is 0 Å². The molecule has 0 aromatic carbocycles. The first kappa shape index (κ1) is 10.8. The van der Waals surface area contributed by atoms with Gasteiger partial charge in [0.25, 0.3) is 10.1 Å². The number of aliphatic hydroxyl groups is 1. The maximum atomic E-state index is 10.3. The molecule has 11 heavy (non-hydrogen) atoms. The van der Waals surface area contributed by atoms with Gasteiger partial charge in [0.1, 0.15) is 0 Å². The van der Waals surface area contributed by atoms with Crippen molar-refractivity contribution in [3.8, 4) is 0 Å². The van der Waals surface area contributed by atoms with Crippen molar-refractivity contribution in [2.75, 3.05) is 12.8 Å². The van der Waals surface area contributed by atoms with Crippen LogP contribution in [-0.4, -0.2) is 32.4 Å². The first-order valence-electron chi connectivity index (χ1n) is 3.21. The first-order chi connectivity index (χ1) is 4.92. The van der Waals surface area contributed by atoms with E-state index in [0.29, 0.717) is 13.0 Å². The summed E-state index contributed by atoms with van der Waals surface area (Å²) in [5.41, 5.74) is 2.21. The maximum Gasteiger partial charge on any atom is 0.280 e. The number of nitrogens with one attached hydrogen (secondary N) is 1. The highest BCUT2D eigenvalue weighted by Gasteiger charge is 2.00. The molecule has 0 bridgehead atoms. The summed E-state index contributed by atoms with van der Waals surface area (Å²) in [7, 11) is -3.41. The van der Waals surface area contributed by atoms with Crippen LogP contribution in [0.3, 0.4) is 0 Å². The van der Waals surface area contributed by atoms with Crippen LogP contribution in [-0.2, 0) is 14.4 Å². The lowest BCUT2D eigenvalue weighted by Gasteiger charge is -2.04. The molecule has 1 atom stereocenters. The average molecular weight is 183 g/mol. The number of hydroxylamine groups is 1. The molecular formula is C5H13NO4S. The highest BCUT2D eigenvalue weighted by molar-refractivity contribution is 7.85. The quantitative estimate of drug-likeness (QED) is 0.433. The molecule has 5 nitrogen and oxygen atoms in total. The molecule has 0 spiro atoms. The maximum absolute atomic E-state index is 10.3. The highest BCUT2D eigenvalue weighted by Crippen LogP contribution is 1.87. The normalized spacial score (nSPS) is 14.8. The summed E-state index contributed by atoms with van der Waals surface area (Å²) in [6.07, 6.45) is 0.948. The third-order valence-corrected chi connectivity index (χ3v) is 1.30. The van der Waals surface area contributed by atoms with Crippen LogP contribution in [0.5, 0.6) is 0 Å². The number of hydrogen-bond donors (Lipinski definition) is 2. The third-order valence-electron chi connectivity index (χ3n) is 0.874. The van der Waals surface area contributed by atoms with Gasteiger partial charge in [0.2, 0.25) is 0 Å². The van der Waals surface area contributed by atoms with Crippen molar-refractivity contribution < 1.29 is 17.8 Å². The zero-order valence-corrected chi connectivity index (χ0v) is 7.39. The van der Waals surface area contributed by atoms with Crippen LogP contribution in [0, 0.1) is 0 Å². The lowest BCUT2D eigenvalue weighted by Crippen LogP contribution is -2.22. The van der Waals surface area contributed by atoms with Gasteiger partial charge in [-0.2, -0.15) is 18.2 Å². The molecule has 0 amide bonds. The molecule has 1 unspecified atom stereocenters. The lowest BCUT2D eigenvalue weighted by atomic mass is 10.3. The van der Waals surface area contributed by atoms with Crippen LogP contribution in [0.25, 0.3) is 0 Å². The Balaban J connectivity index is 3.30. The predicted octanol–water partition coefficient (Wildman–Crippen LogP) is -0.762. The molecule has 0 rings (SSSR count). The van der Waals surface area contributed by atoms with E-state index in [1.54, 1.807) is 6.92 Å². The smallest absolute Gasteiger partial charge is 0.280 e. The van der Waals surface area contributed by atoms with Crippen LogP contribution >= 0.6 is 0 Å². The fraction of sp³-hybridized carbons (Fsp3) is 1.00. The Labute approximate surface area is 66.4 Å². The predicted molar refractivity (Wildman–Crippen MR) is 40.2 cm³/mol. The third kappa shape index (κ3) is 9.83. The molecule has 0 saturated heterocycles. The first-order valence-corrected chi connectivity index (χ1v) is 5.03. The van der Waals surface area contributed by atoms with E-state index in [0.717, 1.165) is 6.26 Å². The average Bonchev–Trinajstić information content (AvgIpc) is 1.78. The largest absolute Gasteiger partial charge is 0.393 e. The Bertz CT molecular complexity index is 187. The summed E-state index contributed by atoms with van der Waals surface area (Å²) in [5.74, 6) is 0. The fourth-order valence-corrected chi connectivity index (χ4v) is 0.714. The molecule has 0 heterocycles. The fourth-order valence-electron chi connectivity index (χ4n) is 0.417. The Morgan fingerprint density at radius 1 is 1.64 bits per heavy atom. The summed E-state index contributed by atoms with van der Waals surface area (Å²) < 4.78 is 24.8. The van der Waals surface area contributed by atoms with E-state index < -0.39 is 16.2 Å². The van der Waals surface area contributed by atoms with Crippen molar-refractivity contribution in [3.05, 3.63) is 0 Å². The summed E-state index contributed by atoms with van der Waals surface area (Å²) in [5, 5.41) is 8.74. The molecule has 0 aliphatic carbocycles. The van der Waals surface area contributed by atoms with Crippen LogP contribution in [0.2, 0.25) is 0 Å². The number of rotatable bonds is 5. The van der Waals surface area contributed by atoms with Crippen LogP contribution in [0.1, 0.15) is 13.3 Å². The molecule has 0 aromatic heterocycles. The van der Waals surface area contributed by atoms with Crippen molar-refractivity contribution in [2.24, 2.45) is 0 Å². The van der Waals surface area contributed by atoms with Crippen LogP contribution < -0.4 is 5.48 Å². The van der Waals surface area contributed by atoms with Crippen molar-refractivity contribution in [1.29, 1.82) is 0 Å². The Hall–Kier alpha value is -0.170. The molecule has 0 aromatic rings. The Morgan fingerprint density at radius 2 is 2.18 bits per heavy atom. The van der Waals surface area contributed by atoms with Crippen molar-refractivity contribution >= 4 is 10.1 Å². The van der Waals surface area contributed by atoms with E-state index in [1.807, 2.05) is 0 Å². The van der Waals surface area contributed by atoms with Crippen LogP contribution in [0.15, 0.2) is 0 Å². The van der Waals surface area contributed by atoms with E-state index in [1.165, 1.54) is 0 Å². The van der Waals surface area contributed by atoms with Crippen LogP contribution in [0.4, 0.5) is 0 Å². The topological polar surface area (TPSA) is 75.6 Å². The van der Waals surface area contributed by atoms with E-state index >= 15 is 0 Å². The molecule has 0 saturated carbocycles. The number of aliphatic hydroxyl groups excluding tert-OH is 1. The Morgan fingerprint density at radius 3 is 2.55 bits per heavy atom. The summed E-state index contributed by atoms with van der Waals surface area (Å²) >= 11 is 0. The lowest BCUT2D eigenvalue weighted by molar-refractivity contribution is 0.149. The molecular weight excluding hydrogens is 170 g/mol. The standard InChI is InChI=1S/C5H13NO4S/c1-5(7)3-4-6-10-11(2,8)9/h5-7H,3-4H2,1-2H3. The molecule has 0 aliphatic rings. The van der Waals surface area contributed by atoms with Gasteiger partial charge < -0.3 is 5.11 Å². The van der Waals surface area contributed by atoms with Gasteiger partial charge in [0.05, 0.1) is 12.4 Å². The highest BCUT2D eigenvalue weighted by atomic mass is 32.2. The van der Waals surface area contributed by atoms with Gasteiger partial charge >= 0.3 is 0 Å². The summed E-state index contributed by atoms with van der Waals surface area (Å²) in [6.45, 7) is 1.92. The summed E-state index contributed by atoms with van der Waals surface area (Å²) in [4.78, 5) is 0. The van der Waals surface area contributed by atoms with Gasteiger partial charge in [0.15, 0.2) is 0 Å². The van der Waals surface area contributed by atoms with Gasteiger partial charge in [-0.3, -0.25) is 0 Å². The van der Waals surface area contributed by atoms with Gasteiger partial charge in [0, 0.05) is 6.54 Å². The van der Waals surface area contributed by atoms with E-state index in [-0.39, 0.29) is 0 Å². The monoisotopic (exact) mass is 183 g/mol. The zero-order valence-electron chi connectivity index (χ0n) is 6.57. The van der Waals surface area contributed by atoms with E-state index in [9.17, 15) is 8.42 Å². The minimum atomic E-state index is -3.41. The molecule has 6 heteroatoms. The van der Waals surface area contributed by atoms with E-state index in [2.05, 4.69) is 9.76 Å². The van der Waals surface area contributed by atoms with Crippen molar-refractivity contribution in [3.63, 3.8) is 0 Å². The molecule has 68 valence electrons. The number of hydrogen-bond acceptors (Lipinski definition) is 5. The SMILES string of the molecule is CC(O)CCNOS(C)(=O)=O. The molecule has 0 aliphatic heterocycles. The van der Waals surface area contributed by atoms with E-state index in [4.69, 9.17) is 5.11 Å². The summed E-state index contributed by atoms with van der Waals surface area (Å²) in [6, 6.07) is 0. The zero-order chi connectivity index (χ0) is 8.91. The molecule has 0 fully saturated rings. The molecule has 2 N–H and O–H groups in total. The Kier molecular flexibility index (Phi) is 4.58. The van der Waals surface area contributed by atoms with Gasteiger partial charge in [-0.15, -0.1) is 0 Å². The van der Waals surface area contributed by atoms with Gasteiger partial charge in [-0.05, 0) is 13.3 Å². The second-order valence-corrected chi connectivity index (χ2v) is 3.89. The van der Waals surface area contributed by atoms with Crippen molar-refractivity contribution in [1.82, 2.24) is 5.48 Å². The minimum absolute atomic E-state index is 0.310. The minimum Gasteiger partial charge on any atom is -0.393 e. The van der Waals surface area contributed by atoms with Crippen molar-refractivity contribution in [2.45, 2.75) is 19.4 Å². The second-order valence-electron chi connectivity index (χ2n) is 2.32. The van der Waals surface area contributed by atoms with Gasteiger partial charge in [-0.1, -0.05) is 0 Å².